The molecule has 2 unspecified atom stereocenters. The summed E-state index contributed by atoms with van der Waals surface area (Å²) in [5.74, 6) is 0.931. The number of fused-ring (bicyclic) bond motifs is 1. The predicted molar refractivity (Wildman–Crippen MR) is 90.1 cm³/mol. The molecule has 23 heavy (non-hydrogen) atoms. The molecule has 2 atom stereocenters. The normalized spacial score (nSPS) is 21.8. The number of rotatable bonds is 7. The fraction of sp³-hybridized carbons (Fsp3) is 0.556. The van der Waals surface area contributed by atoms with Gasteiger partial charge in [-0.15, -0.1) is 0 Å². The Morgan fingerprint density at radius 2 is 2.09 bits per heavy atom. The Labute approximate surface area is 136 Å². The van der Waals surface area contributed by atoms with Crippen LogP contribution in [0.3, 0.4) is 0 Å². The molecule has 1 heterocycles. The van der Waals surface area contributed by atoms with Crippen LogP contribution in [0.25, 0.3) is 11.0 Å². The van der Waals surface area contributed by atoms with Gasteiger partial charge in [-0.05, 0) is 43.4 Å². The molecule has 2 aromatic rings. The first-order valence-electron chi connectivity index (χ1n) is 8.49. The summed E-state index contributed by atoms with van der Waals surface area (Å²) in [6.07, 6.45) is 3.81. The van der Waals surface area contributed by atoms with Gasteiger partial charge in [-0.1, -0.05) is 12.1 Å². The number of hydrogen-bond acceptors (Lipinski definition) is 5. The van der Waals surface area contributed by atoms with Crippen molar-refractivity contribution in [3.63, 3.8) is 0 Å². The topological polar surface area (TPSA) is 77.7 Å². The highest BCUT2D eigenvalue weighted by Gasteiger charge is 2.19. The molecule has 1 aromatic carbocycles. The van der Waals surface area contributed by atoms with Crippen LogP contribution in [-0.4, -0.2) is 35.5 Å². The lowest BCUT2D eigenvalue weighted by Gasteiger charge is -2.26. The minimum Gasteiger partial charge on any atom is -0.460 e. The van der Waals surface area contributed by atoms with Gasteiger partial charge in [-0.2, -0.15) is 0 Å². The molecule has 126 valence electrons. The summed E-state index contributed by atoms with van der Waals surface area (Å²) in [5, 5.41) is 26.3. The molecule has 0 bridgehead atoms. The summed E-state index contributed by atoms with van der Waals surface area (Å²) in [5.41, 5.74) is 2.05. The van der Waals surface area contributed by atoms with E-state index in [1.54, 1.807) is 0 Å². The largest absolute Gasteiger partial charge is 0.460 e. The lowest BCUT2D eigenvalue weighted by atomic mass is 9.93. The van der Waals surface area contributed by atoms with Crippen molar-refractivity contribution in [2.45, 2.75) is 50.9 Å². The highest BCUT2D eigenvalue weighted by Crippen LogP contribution is 2.22. The van der Waals surface area contributed by atoms with Crippen molar-refractivity contribution < 1.29 is 14.6 Å². The van der Waals surface area contributed by atoms with E-state index in [0.29, 0.717) is 19.1 Å². The van der Waals surface area contributed by atoms with Crippen LogP contribution in [0, 0.1) is 0 Å². The average Bonchev–Trinajstić information content (AvgIpc) is 2.95. The molecule has 0 aliphatic heterocycles. The third-order valence-electron chi connectivity index (χ3n) is 4.46. The molecular weight excluding hydrogens is 292 g/mol. The van der Waals surface area contributed by atoms with Crippen molar-refractivity contribution in [2.75, 3.05) is 13.2 Å². The van der Waals surface area contributed by atoms with Gasteiger partial charge < -0.3 is 25.3 Å². The minimum absolute atomic E-state index is 0.147. The summed E-state index contributed by atoms with van der Waals surface area (Å²) in [6, 6.07) is 8.66. The molecule has 0 spiro atoms. The summed E-state index contributed by atoms with van der Waals surface area (Å²) in [6.45, 7) is 2.17. The van der Waals surface area contributed by atoms with Crippen LogP contribution in [-0.2, 0) is 13.1 Å². The smallest absolute Gasteiger partial charge is 0.134 e. The maximum absolute atomic E-state index is 9.73. The quantitative estimate of drug-likeness (QED) is 0.587. The van der Waals surface area contributed by atoms with E-state index in [2.05, 4.69) is 28.8 Å². The van der Waals surface area contributed by atoms with Crippen LogP contribution in [0.15, 0.2) is 28.7 Å². The first-order chi connectivity index (χ1) is 11.2. The van der Waals surface area contributed by atoms with Crippen molar-refractivity contribution in [3.05, 3.63) is 35.6 Å². The van der Waals surface area contributed by atoms with E-state index in [1.165, 1.54) is 0 Å². The fourth-order valence-electron chi connectivity index (χ4n) is 3.23. The van der Waals surface area contributed by atoms with Crippen molar-refractivity contribution in [1.29, 1.82) is 0 Å². The second-order valence-corrected chi connectivity index (χ2v) is 6.38. The van der Waals surface area contributed by atoms with Gasteiger partial charge in [0.25, 0.3) is 0 Å². The first kappa shape index (κ1) is 16.5. The molecule has 1 fully saturated rings. The highest BCUT2D eigenvalue weighted by molar-refractivity contribution is 5.78. The Morgan fingerprint density at radius 3 is 2.91 bits per heavy atom. The van der Waals surface area contributed by atoms with Crippen molar-refractivity contribution in [1.82, 2.24) is 10.6 Å². The maximum Gasteiger partial charge on any atom is 0.134 e. The average molecular weight is 318 g/mol. The second-order valence-electron chi connectivity index (χ2n) is 6.38. The van der Waals surface area contributed by atoms with Crippen LogP contribution in [0.4, 0.5) is 0 Å². The second kappa shape index (κ2) is 7.93. The molecule has 1 aromatic heterocycles. The molecule has 4 N–H and O–H groups in total. The van der Waals surface area contributed by atoms with Crippen molar-refractivity contribution in [2.24, 2.45) is 0 Å². The van der Waals surface area contributed by atoms with Gasteiger partial charge in [0.2, 0.25) is 0 Å². The number of aliphatic hydroxyl groups is 2. The number of benzene rings is 1. The Morgan fingerprint density at radius 1 is 1.17 bits per heavy atom. The molecule has 0 saturated heterocycles. The van der Waals surface area contributed by atoms with Crippen LogP contribution < -0.4 is 10.6 Å². The molecule has 5 nitrogen and oxygen atoms in total. The monoisotopic (exact) mass is 318 g/mol. The summed E-state index contributed by atoms with van der Waals surface area (Å²) >= 11 is 0. The zero-order chi connectivity index (χ0) is 16.1. The Kier molecular flexibility index (Phi) is 5.67. The molecule has 0 amide bonds. The summed E-state index contributed by atoms with van der Waals surface area (Å²) < 4.78 is 5.93. The van der Waals surface area contributed by atoms with Gasteiger partial charge in [0, 0.05) is 24.5 Å². The Bertz CT molecular complexity index is 626. The predicted octanol–water partition coefficient (Wildman–Crippen LogP) is 1.91. The number of nitrogens with one attached hydrogen (secondary N) is 2. The third-order valence-corrected chi connectivity index (χ3v) is 4.46. The summed E-state index contributed by atoms with van der Waals surface area (Å²) in [4.78, 5) is 0. The van der Waals surface area contributed by atoms with Gasteiger partial charge in [-0.3, -0.25) is 0 Å². The third kappa shape index (κ3) is 4.54. The van der Waals surface area contributed by atoms with Gasteiger partial charge >= 0.3 is 0 Å². The number of hydrogen-bond donors (Lipinski definition) is 4. The van der Waals surface area contributed by atoms with Crippen LogP contribution >= 0.6 is 0 Å². The van der Waals surface area contributed by atoms with Crippen LogP contribution in [0.5, 0.6) is 0 Å². The van der Waals surface area contributed by atoms with Gasteiger partial charge in [0.15, 0.2) is 0 Å². The number of furan rings is 1. The Balaban J connectivity index is 1.58. The Hall–Kier alpha value is -1.40. The van der Waals surface area contributed by atoms with E-state index in [-0.39, 0.29) is 12.7 Å². The van der Waals surface area contributed by atoms with Gasteiger partial charge in [-0.25, -0.2) is 0 Å². The van der Waals surface area contributed by atoms with E-state index in [9.17, 15) is 5.11 Å². The molecule has 5 heteroatoms. The van der Waals surface area contributed by atoms with E-state index in [1.807, 2.05) is 6.07 Å². The SMILES string of the molecule is OCCNCc1ccc2cc(CNC3CCCC(O)C3)oc2c1. The zero-order valence-corrected chi connectivity index (χ0v) is 13.4. The fourth-order valence-corrected chi connectivity index (χ4v) is 3.23. The summed E-state index contributed by atoms with van der Waals surface area (Å²) in [7, 11) is 0. The van der Waals surface area contributed by atoms with Crippen LogP contribution in [0.2, 0.25) is 0 Å². The molecule has 1 aliphatic rings. The molecular formula is C18H26N2O3. The highest BCUT2D eigenvalue weighted by atomic mass is 16.3. The molecule has 1 saturated carbocycles. The van der Waals surface area contributed by atoms with Crippen molar-refractivity contribution in [3.8, 4) is 0 Å². The van der Waals surface area contributed by atoms with Gasteiger partial charge in [0.1, 0.15) is 11.3 Å². The minimum atomic E-state index is -0.161. The molecule has 3 rings (SSSR count). The van der Waals surface area contributed by atoms with E-state index >= 15 is 0 Å². The van der Waals surface area contributed by atoms with Crippen LogP contribution in [0.1, 0.15) is 37.0 Å². The lowest BCUT2D eigenvalue weighted by molar-refractivity contribution is 0.111. The lowest BCUT2D eigenvalue weighted by Crippen LogP contribution is -2.35. The van der Waals surface area contributed by atoms with E-state index in [4.69, 9.17) is 9.52 Å². The van der Waals surface area contributed by atoms with E-state index < -0.39 is 0 Å². The maximum atomic E-state index is 9.73. The standard InChI is InChI=1S/C18H26N2O3/c21-7-6-19-11-13-4-5-14-9-17(23-18(14)8-13)12-20-15-2-1-3-16(22)10-15/h4-5,8-9,15-16,19-22H,1-3,6-7,10-12H2. The number of aliphatic hydroxyl groups excluding tert-OH is 2. The zero-order valence-electron chi connectivity index (χ0n) is 13.4. The van der Waals surface area contributed by atoms with E-state index in [0.717, 1.165) is 54.5 Å². The van der Waals surface area contributed by atoms with Crippen molar-refractivity contribution >= 4 is 11.0 Å². The van der Waals surface area contributed by atoms with Gasteiger partial charge in [0.05, 0.1) is 19.3 Å². The first-order valence-corrected chi connectivity index (χ1v) is 8.49. The molecule has 1 aliphatic carbocycles. The molecule has 0 radical (unpaired) electrons.